The van der Waals surface area contributed by atoms with Crippen LogP contribution in [0.5, 0.6) is 0 Å². The second-order valence-electron chi connectivity index (χ2n) is 8.92. The third-order valence-corrected chi connectivity index (χ3v) is 7.67. The highest BCUT2D eigenvalue weighted by atomic mass is 32.2. The van der Waals surface area contributed by atoms with Crippen LogP contribution in [0.15, 0.2) is 66.0 Å². The standard InChI is InChI=1S/C26H24N8O2S/c1-33-19-12-23(34-10-8-17-7-9-27-13-20(17)34)28-14-21(19)37-15-18(26(33)36)29-25(35)24-30-22(31-32-24)11-16-5-3-2-4-6-16/h2-7,9,12-14,18H,8,10-11,15H2,1H3,(H,29,35)(H,30,31,32)/t18-/m0/s1. The van der Waals surface area contributed by atoms with Gasteiger partial charge < -0.3 is 15.1 Å². The van der Waals surface area contributed by atoms with Crippen LogP contribution in [-0.2, 0) is 17.6 Å². The number of aromatic nitrogens is 5. The first-order chi connectivity index (χ1) is 18.1. The lowest BCUT2D eigenvalue weighted by atomic mass is 10.1. The monoisotopic (exact) mass is 512 g/mol. The predicted molar refractivity (Wildman–Crippen MR) is 140 cm³/mol. The van der Waals surface area contributed by atoms with Crippen molar-refractivity contribution in [3.8, 4) is 0 Å². The number of pyridine rings is 2. The molecule has 4 aromatic rings. The van der Waals surface area contributed by atoms with Crippen LogP contribution in [0, 0.1) is 0 Å². The largest absolute Gasteiger partial charge is 0.337 e. The van der Waals surface area contributed by atoms with Crippen LogP contribution in [0.3, 0.4) is 0 Å². The van der Waals surface area contributed by atoms with Gasteiger partial charge in [-0.25, -0.2) is 9.97 Å². The Morgan fingerprint density at radius 2 is 2.05 bits per heavy atom. The van der Waals surface area contributed by atoms with Crippen molar-refractivity contribution in [1.29, 1.82) is 0 Å². The topological polar surface area (TPSA) is 120 Å². The average molecular weight is 513 g/mol. The normalized spacial score (nSPS) is 16.8. The highest BCUT2D eigenvalue weighted by Crippen LogP contribution is 2.39. The van der Waals surface area contributed by atoms with E-state index in [9.17, 15) is 9.59 Å². The number of carbonyl (C=O) groups is 2. The number of benzene rings is 1. The molecule has 1 atom stereocenters. The van der Waals surface area contributed by atoms with Gasteiger partial charge in [0.15, 0.2) is 0 Å². The fourth-order valence-electron chi connectivity index (χ4n) is 4.59. The number of carbonyl (C=O) groups excluding carboxylic acids is 2. The third-order valence-electron chi connectivity index (χ3n) is 6.54. The molecule has 3 aromatic heterocycles. The van der Waals surface area contributed by atoms with Crippen molar-refractivity contribution >= 4 is 40.8 Å². The SMILES string of the molecule is CN1C(=O)[C@@H](NC(=O)c2n[nH]c(Cc3ccccc3)n2)CSc2cnc(N3CCc4ccncc43)cc21. The fraction of sp³-hybridized carbons (Fsp3) is 0.231. The van der Waals surface area contributed by atoms with Crippen LogP contribution < -0.4 is 15.1 Å². The molecule has 37 heavy (non-hydrogen) atoms. The number of fused-ring (bicyclic) bond motifs is 2. The molecule has 0 unspecified atom stereocenters. The number of nitrogens with one attached hydrogen (secondary N) is 2. The summed E-state index contributed by atoms with van der Waals surface area (Å²) in [7, 11) is 1.72. The van der Waals surface area contributed by atoms with Gasteiger partial charge in [0.25, 0.3) is 5.91 Å². The summed E-state index contributed by atoms with van der Waals surface area (Å²) in [6, 6.07) is 13.0. The second-order valence-corrected chi connectivity index (χ2v) is 9.98. The quantitative estimate of drug-likeness (QED) is 0.419. The maximum Gasteiger partial charge on any atom is 0.291 e. The summed E-state index contributed by atoms with van der Waals surface area (Å²) in [5.74, 6) is 1.04. The maximum atomic E-state index is 13.4. The Morgan fingerprint density at radius 1 is 1.19 bits per heavy atom. The molecule has 1 aromatic carbocycles. The number of amides is 2. The van der Waals surface area contributed by atoms with E-state index in [1.165, 1.54) is 17.3 Å². The Kier molecular flexibility index (Phi) is 6.05. The number of thioether (sulfide) groups is 1. The van der Waals surface area contributed by atoms with E-state index in [2.05, 4.69) is 35.4 Å². The zero-order valence-electron chi connectivity index (χ0n) is 20.1. The molecular weight excluding hydrogens is 488 g/mol. The van der Waals surface area contributed by atoms with Gasteiger partial charge in [-0.05, 0) is 23.6 Å². The van der Waals surface area contributed by atoms with Crippen molar-refractivity contribution < 1.29 is 9.59 Å². The van der Waals surface area contributed by atoms with E-state index >= 15 is 0 Å². The lowest BCUT2D eigenvalue weighted by molar-refractivity contribution is -0.119. The van der Waals surface area contributed by atoms with Crippen LogP contribution >= 0.6 is 11.8 Å². The smallest absolute Gasteiger partial charge is 0.291 e. The Hall–Kier alpha value is -4.25. The number of aromatic amines is 1. The van der Waals surface area contributed by atoms with Gasteiger partial charge in [-0.15, -0.1) is 16.9 Å². The first-order valence-electron chi connectivity index (χ1n) is 11.9. The summed E-state index contributed by atoms with van der Waals surface area (Å²) in [6.07, 6.45) is 6.89. The molecule has 0 radical (unpaired) electrons. The van der Waals surface area contributed by atoms with Crippen LogP contribution in [0.1, 0.15) is 27.6 Å². The van der Waals surface area contributed by atoms with Crippen molar-refractivity contribution in [2.24, 2.45) is 0 Å². The van der Waals surface area contributed by atoms with Crippen molar-refractivity contribution in [1.82, 2.24) is 30.5 Å². The van der Waals surface area contributed by atoms with Crippen LogP contribution in [0.25, 0.3) is 0 Å². The van der Waals surface area contributed by atoms with Gasteiger partial charge in [-0.2, -0.15) is 0 Å². The second kappa shape index (κ2) is 9.66. The summed E-state index contributed by atoms with van der Waals surface area (Å²) < 4.78 is 0. The van der Waals surface area contributed by atoms with Gasteiger partial charge in [0, 0.05) is 49.1 Å². The summed E-state index contributed by atoms with van der Waals surface area (Å²) >= 11 is 1.49. The minimum absolute atomic E-state index is 0.0124. The summed E-state index contributed by atoms with van der Waals surface area (Å²) in [6.45, 7) is 0.805. The molecule has 2 N–H and O–H groups in total. The highest BCUT2D eigenvalue weighted by molar-refractivity contribution is 7.99. The Balaban J connectivity index is 1.17. The number of rotatable bonds is 5. The molecule has 5 heterocycles. The van der Waals surface area contributed by atoms with E-state index in [0.29, 0.717) is 18.0 Å². The molecule has 10 nitrogen and oxygen atoms in total. The number of likely N-dealkylation sites (N-methyl/N-ethyl adjacent to an activating group) is 1. The molecule has 2 aliphatic heterocycles. The number of hydrogen-bond donors (Lipinski definition) is 2. The zero-order chi connectivity index (χ0) is 25.4. The molecule has 0 saturated heterocycles. The van der Waals surface area contributed by atoms with Gasteiger partial charge >= 0.3 is 0 Å². The first-order valence-corrected chi connectivity index (χ1v) is 12.9. The third kappa shape index (κ3) is 4.53. The van der Waals surface area contributed by atoms with E-state index in [-0.39, 0.29) is 11.7 Å². The highest BCUT2D eigenvalue weighted by Gasteiger charge is 2.32. The van der Waals surface area contributed by atoms with Gasteiger partial charge in [-0.1, -0.05) is 30.3 Å². The first kappa shape index (κ1) is 23.2. The van der Waals surface area contributed by atoms with Crippen LogP contribution in [0.2, 0.25) is 0 Å². The van der Waals surface area contributed by atoms with E-state index in [1.54, 1.807) is 24.3 Å². The van der Waals surface area contributed by atoms with Crippen molar-refractivity contribution in [2.45, 2.75) is 23.8 Å². The lowest BCUT2D eigenvalue weighted by Gasteiger charge is -2.23. The number of hydrogen-bond acceptors (Lipinski definition) is 8. The molecular formula is C26H24N8O2S. The van der Waals surface area contributed by atoms with E-state index in [0.717, 1.165) is 40.6 Å². The predicted octanol–water partition coefficient (Wildman–Crippen LogP) is 2.75. The molecule has 0 fully saturated rings. The van der Waals surface area contributed by atoms with Gasteiger partial charge in [0.05, 0.1) is 17.6 Å². The summed E-state index contributed by atoms with van der Waals surface area (Å²) in [5, 5.41) is 9.69. The molecule has 11 heteroatoms. The van der Waals surface area contributed by atoms with E-state index < -0.39 is 11.9 Å². The lowest BCUT2D eigenvalue weighted by Crippen LogP contribution is -2.48. The average Bonchev–Trinajstić information content (AvgIpc) is 3.56. The minimum Gasteiger partial charge on any atom is -0.337 e. The molecule has 0 spiro atoms. The van der Waals surface area contributed by atoms with Gasteiger partial charge in [0.2, 0.25) is 11.7 Å². The minimum atomic E-state index is -0.730. The number of anilines is 3. The van der Waals surface area contributed by atoms with Crippen LogP contribution in [0.4, 0.5) is 17.2 Å². The molecule has 0 aliphatic carbocycles. The summed E-state index contributed by atoms with van der Waals surface area (Å²) in [5.41, 5.74) is 4.08. The van der Waals surface area contributed by atoms with Gasteiger partial charge in [0.1, 0.15) is 17.7 Å². The number of nitrogens with zero attached hydrogens (tertiary/aromatic N) is 6. The molecule has 2 amide bonds. The Morgan fingerprint density at radius 3 is 2.92 bits per heavy atom. The fourth-order valence-corrected chi connectivity index (χ4v) is 5.63. The summed E-state index contributed by atoms with van der Waals surface area (Å²) in [4.78, 5) is 44.1. The molecule has 0 bridgehead atoms. The van der Waals surface area contributed by atoms with Crippen LogP contribution in [-0.4, -0.2) is 62.4 Å². The van der Waals surface area contributed by atoms with E-state index in [1.807, 2.05) is 48.7 Å². The van der Waals surface area contributed by atoms with Crippen molar-refractivity contribution in [3.63, 3.8) is 0 Å². The molecule has 2 aliphatic rings. The Labute approximate surface area is 217 Å². The van der Waals surface area contributed by atoms with E-state index in [4.69, 9.17) is 0 Å². The molecule has 186 valence electrons. The van der Waals surface area contributed by atoms with Crippen molar-refractivity contribution in [2.75, 3.05) is 29.1 Å². The zero-order valence-corrected chi connectivity index (χ0v) is 20.9. The molecule has 6 rings (SSSR count). The number of H-pyrrole nitrogens is 1. The van der Waals surface area contributed by atoms with Gasteiger partial charge in [-0.3, -0.25) is 19.7 Å². The van der Waals surface area contributed by atoms with Crippen molar-refractivity contribution in [3.05, 3.63) is 83.8 Å². The molecule has 0 saturated carbocycles. The maximum absolute atomic E-state index is 13.4. The Bertz CT molecular complexity index is 1470.